The van der Waals surface area contributed by atoms with Crippen LogP contribution in [0.5, 0.6) is 0 Å². The van der Waals surface area contributed by atoms with E-state index >= 15 is 0 Å². The molecule has 0 radical (unpaired) electrons. The Balaban J connectivity index is 2.07. The lowest BCUT2D eigenvalue weighted by atomic mass is 10.4. The van der Waals surface area contributed by atoms with Crippen LogP contribution in [-0.2, 0) is 11.3 Å². The molecule has 0 aliphatic rings. The predicted octanol–water partition coefficient (Wildman–Crippen LogP) is 0.508. The molecule has 74 valence electrons. The normalized spacial score (nSPS) is 13.1. The summed E-state index contributed by atoms with van der Waals surface area (Å²) in [7, 11) is 1.93. The van der Waals surface area contributed by atoms with Crippen molar-refractivity contribution in [2.75, 3.05) is 20.2 Å². The van der Waals surface area contributed by atoms with E-state index < -0.39 is 0 Å². The smallest absolute Gasteiger partial charge is 0.0946 e. The summed E-state index contributed by atoms with van der Waals surface area (Å²) >= 11 is 0. The monoisotopic (exact) mass is 183 g/mol. The maximum atomic E-state index is 5.54. The van der Waals surface area contributed by atoms with Gasteiger partial charge in [0.25, 0.3) is 0 Å². The lowest BCUT2D eigenvalue weighted by Gasteiger charge is -2.12. The Morgan fingerprint density at radius 1 is 1.62 bits per heavy atom. The van der Waals surface area contributed by atoms with E-state index in [0.29, 0.717) is 0 Å². The minimum absolute atomic E-state index is 0.272. The second-order valence-corrected chi connectivity index (χ2v) is 3.04. The summed E-state index contributed by atoms with van der Waals surface area (Å²) in [4.78, 5) is 3.95. The third-order valence-electron chi connectivity index (χ3n) is 1.80. The Bertz CT molecular complexity index is 211. The molecule has 1 unspecified atom stereocenters. The molecule has 1 aromatic heterocycles. The van der Waals surface area contributed by atoms with Crippen molar-refractivity contribution in [2.45, 2.75) is 19.6 Å². The summed E-state index contributed by atoms with van der Waals surface area (Å²) in [6.07, 6.45) is 5.78. The molecule has 0 spiro atoms. The van der Waals surface area contributed by atoms with E-state index in [4.69, 9.17) is 4.74 Å². The molecule has 0 saturated carbocycles. The minimum Gasteiger partial charge on any atom is -0.375 e. The molecule has 1 rings (SSSR count). The summed E-state index contributed by atoms with van der Waals surface area (Å²) in [5, 5.41) is 3.07. The number of aromatic nitrogens is 2. The molecule has 1 N–H and O–H groups in total. The Morgan fingerprint density at radius 3 is 3.08 bits per heavy atom. The third-order valence-corrected chi connectivity index (χ3v) is 1.80. The molecule has 1 heterocycles. The lowest BCUT2D eigenvalue weighted by molar-refractivity contribution is 0.0616. The van der Waals surface area contributed by atoms with Crippen LogP contribution in [-0.4, -0.2) is 35.9 Å². The summed E-state index contributed by atoms with van der Waals surface area (Å²) in [5.41, 5.74) is 0. The van der Waals surface area contributed by atoms with Gasteiger partial charge in [-0.3, -0.25) is 0 Å². The molecule has 0 aromatic carbocycles. The fourth-order valence-electron chi connectivity index (χ4n) is 1.12. The van der Waals surface area contributed by atoms with Crippen LogP contribution < -0.4 is 5.32 Å². The van der Waals surface area contributed by atoms with E-state index in [2.05, 4.69) is 17.2 Å². The highest BCUT2D eigenvalue weighted by atomic mass is 16.5. The van der Waals surface area contributed by atoms with Gasteiger partial charge in [-0.15, -0.1) is 0 Å². The second kappa shape index (κ2) is 5.72. The third kappa shape index (κ3) is 4.05. The van der Waals surface area contributed by atoms with Crippen molar-refractivity contribution in [3.8, 4) is 0 Å². The van der Waals surface area contributed by atoms with Crippen molar-refractivity contribution in [3.63, 3.8) is 0 Å². The van der Waals surface area contributed by atoms with Crippen molar-refractivity contribution < 1.29 is 4.74 Å². The molecule has 4 heteroatoms. The van der Waals surface area contributed by atoms with Crippen LogP contribution in [0.2, 0.25) is 0 Å². The van der Waals surface area contributed by atoms with Crippen LogP contribution in [0, 0.1) is 0 Å². The van der Waals surface area contributed by atoms with Crippen molar-refractivity contribution in [2.24, 2.45) is 0 Å². The van der Waals surface area contributed by atoms with Crippen molar-refractivity contribution in [1.29, 1.82) is 0 Å². The standard InChI is InChI=1S/C9H17N3O/c1-9(7-10-2)13-6-5-12-4-3-11-8-12/h3-4,8-10H,5-7H2,1-2H3. The fraction of sp³-hybridized carbons (Fsp3) is 0.667. The number of nitrogens with zero attached hydrogens (tertiary/aromatic N) is 2. The van der Waals surface area contributed by atoms with Gasteiger partial charge in [0, 0.05) is 25.5 Å². The average Bonchev–Trinajstić information content (AvgIpc) is 2.57. The zero-order valence-electron chi connectivity index (χ0n) is 8.23. The van der Waals surface area contributed by atoms with Gasteiger partial charge in [-0.25, -0.2) is 4.98 Å². The van der Waals surface area contributed by atoms with Crippen LogP contribution in [0.3, 0.4) is 0 Å². The zero-order chi connectivity index (χ0) is 9.52. The van der Waals surface area contributed by atoms with E-state index in [1.807, 2.05) is 17.8 Å². The molecule has 0 saturated heterocycles. The molecule has 0 bridgehead atoms. The van der Waals surface area contributed by atoms with Gasteiger partial charge in [0.1, 0.15) is 0 Å². The highest BCUT2D eigenvalue weighted by Gasteiger charge is 1.99. The maximum Gasteiger partial charge on any atom is 0.0946 e. The number of hydrogen-bond acceptors (Lipinski definition) is 3. The zero-order valence-corrected chi connectivity index (χ0v) is 8.23. The first kappa shape index (κ1) is 10.2. The molecular weight excluding hydrogens is 166 g/mol. The summed E-state index contributed by atoms with van der Waals surface area (Å²) in [5.74, 6) is 0. The number of ether oxygens (including phenoxy) is 1. The number of likely N-dealkylation sites (N-methyl/N-ethyl adjacent to an activating group) is 1. The van der Waals surface area contributed by atoms with E-state index in [-0.39, 0.29) is 6.10 Å². The first-order chi connectivity index (χ1) is 6.33. The van der Waals surface area contributed by atoms with E-state index in [0.717, 1.165) is 19.7 Å². The average molecular weight is 183 g/mol. The Kier molecular flexibility index (Phi) is 4.49. The van der Waals surface area contributed by atoms with E-state index in [1.54, 1.807) is 12.5 Å². The molecule has 0 fully saturated rings. The van der Waals surface area contributed by atoms with Gasteiger partial charge in [-0.05, 0) is 14.0 Å². The molecular formula is C9H17N3O. The molecule has 13 heavy (non-hydrogen) atoms. The molecule has 0 aliphatic heterocycles. The van der Waals surface area contributed by atoms with Gasteiger partial charge in [-0.2, -0.15) is 0 Å². The first-order valence-electron chi connectivity index (χ1n) is 4.55. The Hall–Kier alpha value is -0.870. The summed E-state index contributed by atoms with van der Waals surface area (Å²) in [6, 6.07) is 0. The summed E-state index contributed by atoms with van der Waals surface area (Å²) in [6.45, 7) is 4.56. The first-order valence-corrected chi connectivity index (χ1v) is 4.55. The number of rotatable bonds is 6. The van der Waals surface area contributed by atoms with Gasteiger partial charge in [0.2, 0.25) is 0 Å². The Morgan fingerprint density at radius 2 is 2.46 bits per heavy atom. The number of hydrogen-bond donors (Lipinski definition) is 1. The van der Waals surface area contributed by atoms with Gasteiger partial charge < -0.3 is 14.6 Å². The number of imidazole rings is 1. The van der Waals surface area contributed by atoms with Crippen molar-refractivity contribution in [3.05, 3.63) is 18.7 Å². The fourth-order valence-corrected chi connectivity index (χ4v) is 1.12. The highest BCUT2D eigenvalue weighted by Crippen LogP contribution is 1.91. The van der Waals surface area contributed by atoms with Gasteiger partial charge >= 0.3 is 0 Å². The largest absolute Gasteiger partial charge is 0.375 e. The van der Waals surface area contributed by atoms with E-state index in [9.17, 15) is 0 Å². The van der Waals surface area contributed by atoms with Gasteiger partial charge in [-0.1, -0.05) is 0 Å². The Labute approximate surface area is 78.9 Å². The molecule has 0 amide bonds. The SMILES string of the molecule is CNCC(C)OCCn1ccnc1. The molecule has 0 aliphatic carbocycles. The van der Waals surface area contributed by atoms with E-state index in [1.165, 1.54) is 0 Å². The quantitative estimate of drug-likeness (QED) is 0.698. The van der Waals surface area contributed by atoms with Crippen LogP contribution in [0.25, 0.3) is 0 Å². The lowest BCUT2D eigenvalue weighted by Crippen LogP contribution is -2.24. The van der Waals surface area contributed by atoms with Crippen molar-refractivity contribution in [1.82, 2.24) is 14.9 Å². The predicted molar refractivity (Wildman–Crippen MR) is 51.6 cm³/mol. The van der Waals surface area contributed by atoms with Crippen LogP contribution in [0.15, 0.2) is 18.7 Å². The second-order valence-electron chi connectivity index (χ2n) is 3.04. The van der Waals surface area contributed by atoms with Crippen LogP contribution >= 0.6 is 0 Å². The van der Waals surface area contributed by atoms with Crippen molar-refractivity contribution >= 4 is 0 Å². The van der Waals surface area contributed by atoms with Gasteiger partial charge in [0.15, 0.2) is 0 Å². The molecule has 4 nitrogen and oxygen atoms in total. The topological polar surface area (TPSA) is 39.1 Å². The summed E-state index contributed by atoms with van der Waals surface area (Å²) < 4.78 is 7.55. The van der Waals surface area contributed by atoms with Crippen LogP contribution in [0.1, 0.15) is 6.92 Å². The van der Waals surface area contributed by atoms with Gasteiger partial charge in [0.05, 0.1) is 19.0 Å². The molecule has 1 atom stereocenters. The maximum absolute atomic E-state index is 5.54. The highest BCUT2D eigenvalue weighted by molar-refractivity contribution is 4.73. The number of nitrogens with one attached hydrogen (secondary N) is 1. The minimum atomic E-state index is 0.272. The molecule has 1 aromatic rings. The van der Waals surface area contributed by atoms with Crippen LogP contribution in [0.4, 0.5) is 0 Å².